The molecule has 1 aliphatic heterocycles. The topological polar surface area (TPSA) is 30.5 Å². The van der Waals surface area contributed by atoms with E-state index in [9.17, 15) is 0 Å². The van der Waals surface area contributed by atoms with Crippen LogP contribution in [0.15, 0.2) is 22.7 Å². The van der Waals surface area contributed by atoms with Crippen LogP contribution in [-0.2, 0) is 0 Å². The van der Waals surface area contributed by atoms with Crippen LogP contribution in [0.3, 0.4) is 0 Å². The van der Waals surface area contributed by atoms with Gasteiger partial charge in [-0.2, -0.15) is 0 Å². The van der Waals surface area contributed by atoms with Crippen LogP contribution < -0.4 is 14.8 Å². The Bertz CT molecular complexity index is 364. The highest BCUT2D eigenvalue weighted by molar-refractivity contribution is 9.10. The number of halogens is 1. The standard InChI is InChI=1S/C13H18BrNO2/c1-16-12-7-4-6-11(14)13(12)17-9-10-5-2-3-8-15-10/h4,6-7,10,15H,2-3,5,8-9H2,1H3. The minimum absolute atomic E-state index is 0.459. The van der Waals surface area contributed by atoms with E-state index in [1.165, 1.54) is 19.3 Å². The molecule has 0 radical (unpaired) electrons. The summed E-state index contributed by atoms with van der Waals surface area (Å²) in [6.07, 6.45) is 3.75. The molecule has 0 aromatic heterocycles. The molecule has 1 fully saturated rings. The van der Waals surface area contributed by atoms with Crippen LogP contribution in [0.4, 0.5) is 0 Å². The number of piperidine rings is 1. The predicted molar refractivity (Wildman–Crippen MR) is 71.8 cm³/mol. The van der Waals surface area contributed by atoms with Crippen LogP contribution in [-0.4, -0.2) is 26.3 Å². The van der Waals surface area contributed by atoms with E-state index in [0.717, 1.165) is 22.5 Å². The van der Waals surface area contributed by atoms with Gasteiger partial charge in [-0.3, -0.25) is 0 Å². The van der Waals surface area contributed by atoms with Gasteiger partial charge >= 0.3 is 0 Å². The molecule has 17 heavy (non-hydrogen) atoms. The van der Waals surface area contributed by atoms with Gasteiger partial charge < -0.3 is 14.8 Å². The van der Waals surface area contributed by atoms with Gasteiger partial charge in [0.2, 0.25) is 0 Å². The summed E-state index contributed by atoms with van der Waals surface area (Å²) in [5.74, 6) is 1.57. The first-order chi connectivity index (χ1) is 8.31. The fraction of sp³-hybridized carbons (Fsp3) is 0.538. The maximum atomic E-state index is 5.86. The third kappa shape index (κ3) is 3.36. The van der Waals surface area contributed by atoms with Crippen molar-refractivity contribution in [2.75, 3.05) is 20.3 Å². The van der Waals surface area contributed by atoms with E-state index in [0.29, 0.717) is 12.6 Å². The zero-order valence-corrected chi connectivity index (χ0v) is 11.6. The quantitative estimate of drug-likeness (QED) is 0.927. The minimum Gasteiger partial charge on any atom is -0.493 e. The van der Waals surface area contributed by atoms with E-state index in [2.05, 4.69) is 21.2 Å². The number of hydrogen-bond acceptors (Lipinski definition) is 3. The largest absolute Gasteiger partial charge is 0.493 e. The Morgan fingerprint density at radius 2 is 2.29 bits per heavy atom. The second-order valence-electron chi connectivity index (χ2n) is 4.23. The van der Waals surface area contributed by atoms with Crippen LogP contribution in [0.25, 0.3) is 0 Å². The van der Waals surface area contributed by atoms with Crippen LogP contribution in [0.2, 0.25) is 0 Å². The lowest BCUT2D eigenvalue weighted by atomic mass is 10.1. The summed E-state index contributed by atoms with van der Waals surface area (Å²) in [5.41, 5.74) is 0. The molecule has 0 aliphatic carbocycles. The fourth-order valence-corrected chi connectivity index (χ4v) is 2.50. The molecule has 1 heterocycles. The van der Waals surface area contributed by atoms with Gasteiger partial charge in [0.25, 0.3) is 0 Å². The van der Waals surface area contributed by atoms with Crippen molar-refractivity contribution >= 4 is 15.9 Å². The third-order valence-corrected chi connectivity index (χ3v) is 3.62. The second-order valence-corrected chi connectivity index (χ2v) is 5.08. The number of benzene rings is 1. The average molecular weight is 300 g/mol. The second kappa shape index (κ2) is 6.26. The van der Waals surface area contributed by atoms with Crippen molar-refractivity contribution < 1.29 is 9.47 Å². The lowest BCUT2D eigenvalue weighted by molar-refractivity contribution is 0.229. The molecule has 1 atom stereocenters. The molecule has 2 rings (SSSR count). The van der Waals surface area contributed by atoms with Crippen molar-refractivity contribution in [3.63, 3.8) is 0 Å². The molecular weight excluding hydrogens is 282 g/mol. The van der Waals surface area contributed by atoms with Crippen molar-refractivity contribution in [1.29, 1.82) is 0 Å². The van der Waals surface area contributed by atoms with Crippen LogP contribution in [0.5, 0.6) is 11.5 Å². The summed E-state index contributed by atoms with van der Waals surface area (Å²) in [5, 5.41) is 3.47. The third-order valence-electron chi connectivity index (χ3n) is 2.99. The Hall–Kier alpha value is -0.740. The van der Waals surface area contributed by atoms with Gasteiger partial charge in [-0.25, -0.2) is 0 Å². The van der Waals surface area contributed by atoms with Crippen molar-refractivity contribution in [3.8, 4) is 11.5 Å². The van der Waals surface area contributed by atoms with Crippen molar-refractivity contribution in [3.05, 3.63) is 22.7 Å². The van der Waals surface area contributed by atoms with E-state index < -0.39 is 0 Å². The molecule has 94 valence electrons. The number of rotatable bonds is 4. The number of methoxy groups -OCH3 is 1. The SMILES string of the molecule is COc1cccc(Br)c1OCC1CCCCN1. The van der Waals surface area contributed by atoms with Gasteiger partial charge in [-0.1, -0.05) is 12.5 Å². The minimum atomic E-state index is 0.459. The average Bonchev–Trinajstić information content (AvgIpc) is 2.38. The first-order valence-electron chi connectivity index (χ1n) is 6.00. The highest BCUT2D eigenvalue weighted by atomic mass is 79.9. The molecule has 0 saturated carbocycles. The molecule has 1 aromatic carbocycles. The van der Waals surface area contributed by atoms with Crippen LogP contribution in [0.1, 0.15) is 19.3 Å². The lowest BCUT2D eigenvalue weighted by Crippen LogP contribution is -2.38. The van der Waals surface area contributed by atoms with E-state index >= 15 is 0 Å². The van der Waals surface area contributed by atoms with E-state index in [1.54, 1.807) is 7.11 Å². The van der Waals surface area contributed by atoms with Crippen LogP contribution >= 0.6 is 15.9 Å². The fourth-order valence-electron chi connectivity index (χ4n) is 2.04. The molecule has 0 amide bonds. The summed E-state index contributed by atoms with van der Waals surface area (Å²) in [6, 6.07) is 6.27. The van der Waals surface area contributed by atoms with E-state index in [4.69, 9.17) is 9.47 Å². The van der Waals surface area contributed by atoms with Crippen LogP contribution in [0, 0.1) is 0 Å². The molecule has 4 heteroatoms. The Morgan fingerprint density at radius 1 is 1.41 bits per heavy atom. The lowest BCUT2D eigenvalue weighted by Gasteiger charge is -2.24. The molecule has 1 aromatic rings. The van der Waals surface area contributed by atoms with Gasteiger partial charge in [0.05, 0.1) is 11.6 Å². The van der Waals surface area contributed by atoms with Gasteiger partial charge in [0.15, 0.2) is 11.5 Å². The van der Waals surface area contributed by atoms with Gasteiger partial charge in [-0.05, 0) is 47.4 Å². The summed E-state index contributed by atoms with van der Waals surface area (Å²) in [7, 11) is 1.66. The summed E-state index contributed by atoms with van der Waals surface area (Å²) in [6.45, 7) is 1.79. The smallest absolute Gasteiger partial charge is 0.175 e. The number of hydrogen-bond donors (Lipinski definition) is 1. The van der Waals surface area contributed by atoms with E-state index in [1.807, 2.05) is 18.2 Å². The van der Waals surface area contributed by atoms with Gasteiger partial charge in [0.1, 0.15) is 6.61 Å². The Kier molecular flexibility index (Phi) is 4.68. The normalized spacial score (nSPS) is 20.0. The molecule has 0 spiro atoms. The van der Waals surface area contributed by atoms with Crippen molar-refractivity contribution in [2.24, 2.45) is 0 Å². The monoisotopic (exact) mass is 299 g/mol. The van der Waals surface area contributed by atoms with Gasteiger partial charge in [-0.15, -0.1) is 0 Å². The molecule has 1 saturated heterocycles. The summed E-state index contributed by atoms with van der Waals surface area (Å²) in [4.78, 5) is 0. The molecule has 0 bridgehead atoms. The first kappa shape index (κ1) is 12.7. The Morgan fingerprint density at radius 3 is 3.00 bits per heavy atom. The summed E-state index contributed by atoms with van der Waals surface area (Å²) < 4.78 is 12.1. The zero-order valence-electron chi connectivity index (χ0n) is 10.0. The zero-order chi connectivity index (χ0) is 12.1. The highest BCUT2D eigenvalue weighted by Crippen LogP contribution is 2.35. The van der Waals surface area contributed by atoms with Crippen molar-refractivity contribution in [2.45, 2.75) is 25.3 Å². The van der Waals surface area contributed by atoms with E-state index in [-0.39, 0.29) is 0 Å². The number of nitrogens with one attached hydrogen (secondary N) is 1. The first-order valence-corrected chi connectivity index (χ1v) is 6.79. The predicted octanol–water partition coefficient (Wildman–Crippen LogP) is 2.98. The number of ether oxygens (including phenoxy) is 2. The van der Waals surface area contributed by atoms with Gasteiger partial charge in [0, 0.05) is 6.04 Å². The summed E-state index contributed by atoms with van der Waals surface area (Å²) >= 11 is 3.49. The van der Waals surface area contributed by atoms with Crippen molar-refractivity contribution in [1.82, 2.24) is 5.32 Å². The molecular formula is C13H18BrNO2. The molecule has 1 aliphatic rings. The maximum Gasteiger partial charge on any atom is 0.175 e. The molecule has 1 N–H and O–H groups in total. The number of para-hydroxylation sites is 1. The molecule has 3 nitrogen and oxygen atoms in total. The Labute approximate surface area is 111 Å². The Balaban J connectivity index is 1.97. The molecule has 1 unspecified atom stereocenters. The highest BCUT2D eigenvalue weighted by Gasteiger charge is 2.15. The maximum absolute atomic E-state index is 5.86.